The van der Waals surface area contributed by atoms with Gasteiger partial charge in [0.1, 0.15) is 0 Å². The number of nitrogens with zero attached hydrogens (tertiary/aromatic N) is 1. The van der Waals surface area contributed by atoms with E-state index in [2.05, 4.69) is 4.98 Å². The van der Waals surface area contributed by atoms with E-state index in [0.29, 0.717) is 0 Å². The number of hydrogen-bond donors (Lipinski definition) is 1. The van der Waals surface area contributed by atoms with Crippen molar-refractivity contribution in [2.24, 2.45) is 0 Å². The zero-order valence-corrected chi connectivity index (χ0v) is 8.06. The minimum Gasteiger partial charge on any atom is -0.399 e. The first kappa shape index (κ1) is 9.00. The van der Waals surface area contributed by atoms with Gasteiger partial charge in [-0.1, -0.05) is 13.8 Å². The molecule has 1 aromatic carbocycles. The third-order valence-corrected chi connectivity index (χ3v) is 2.15. The molecule has 0 aliphatic carbocycles. The molecule has 1 aromatic heterocycles. The van der Waals surface area contributed by atoms with Crippen molar-refractivity contribution in [2.45, 2.75) is 13.8 Å². The number of anilines is 1. The molecule has 0 saturated heterocycles. The van der Waals surface area contributed by atoms with Gasteiger partial charge in [-0.3, -0.25) is 0 Å². The number of benzene rings is 1. The first-order chi connectivity index (χ1) is 5.86. The van der Waals surface area contributed by atoms with E-state index in [0.717, 1.165) is 15.9 Å². The van der Waals surface area contributed by atoms with Crippen LogP contribution in [0.25, 0.3) is 10.2 Å². The predicted molar refractivity (Wildman–Crippen MR) is 55.4 cm³/mol. The first-order valence-corrected chi connectivity index (χ1v) is 4.83. The van der Waals surface area contributed by atoms with Crippen LogP contribution in [0.4, 0.5) is 5.69 Å². The Balaban J connectivity index is 0.000000336. The highest BCUT2D eigenvalue weighted by molar-refractivity contribution is 7.16. The van der Waals surface area contributed by atoms with Crippen LogP contribution in [0.5, 0.6) is 0 Å². The number of fused-ring (bicyclic) bond motifs is 1. The predicted octanol–water partition coefficient (Wildman–Crippen LogP) is 2.90. The van der Waals surface area contributed by atoms with Crippen LogP contribution in [0.15, 0.2) is 23.7 Å². The minimum atomic E-state index is 0.803. The molecule has 2 aromatic rings. The third-order valence-electron chi connectivity index (χ3n) is 1.36. The second kappa shape index (κ2) is 4.07. The molecule has 0 amide bonds. The van der Waals surface area contributed by atoms with Crippen molar-refractivity contribution < 1.29 is 0 Å². The summed E-state index contributed by atoms with van der Waals surface area (Å²) in [7, 11) is 0. The Morgan fingerprint density at radius 2 is 2.08 bits per heavy atom. The number of thiazole rings is 1. The average molecular weight is 180 g/mol. The monoisotopic (exact) mass is 180 g/mol. The summed E-state index contributed by atoms with van der Waals surface area (Å²) >= 11 is 1.61. The molecule has 0 atom stereocenters. The lowest BCUT2D eigenvalue weighted by Crippen LogP contribution is -1.81. The summed E-state index contributed by atoms with van der Waals surface area (Å²) in [6.45, 7) is 4.00. The summed E-state index contributed by atoms with van der Waals surface area (Å²) < 4.78 is 1.15. The van der Waals surface area contributed by atoms with Crippen molar-refractivity contribution in [3.8, 4) is 0 Å². The Morgan fingerprint density at radius 3 is 2.83 bits per heavy atom. The lowest BCUT2D eigenvalue weighted by atomic mass is 10.3. The molecule has 1 heterocycles. The molecule has 64 valence electrons. The molecule has 2 nitrogen and oxygen atoms in total. The van der Waals surface area contributed by atoms with Crippen molar-refractivity contribution in [3.05, 3.63) is 23.7 Å². The number of nitrogen functional groups attached to an aromatic ring is 1. The van der Waals surface area contributed by atoms with E-state index in [4.69, 9.17) is 5.73 Å². The first-order valence-electron chi connectivity index (χ1n) is 3.95. The van der Waals surface area contributed by atoms with E-state index in [1.165, 1.54) is 0 Å². The molecule has 3 heteroatoms. The minimum absolute atomic E-state index is 0.803. The summed E-state index contributed by atoms with van der Waals surface area (Å²) in [4.78, 5) is 4.12. The largest absolute Gasteiger partial charge is 0.399 e. The van der Waals surface area contributed by atoms with E-state index in [1.54, 1.807) is 11.3 Å². The Labute approximate surface area is 76.0 Å². The van der Waals surface area contributed by atoms with Crippen molar-refractivity contribution in [1.29, 1.82) is 0 Å². The van der Waals surface area contributed by atoms with Crippen LogP contribution in [0.2, 0.25) is 0 Å². The molecular weight excluding hydrogens is 168 g/mol. The molecule has 0 spiro atoms. The number of rotatable bonds is 0. The van der Waals surface area contributed by atoms with Crippen molar-refractivity contribution in [3.63, 3.8) is 0 Å². The standard InChI is InChI=1S/C7H6N2S.C2H6/c8-5-1-2-6-7(3-5)10-4-9-6;1-2/h1-4H,8H2;1-2H3. The highest BCUT2D eigenvalue weighted by atomic mass is 32.1. The zero-order valence-electron chi connectivity index (χ0n) is 7.24. The zero-order chi connectivity index (χ0) is 8.97. The Hall–Kier alpha value is -1.09. The summed E-state index contributed by atoms with van der Waals surface area (Å²) in [5.41, 5.74) is 9.22. The fraction of sp³-hybridized carbons (Fsp3) is 0.222. The van der Waals surface area contributed by atoms with Crippen LogP contribution in [0, 0.1) is 0 Å². The maximum absolute atomic E-state index is 5.56. The van der Waals surface area contributed by atoms with Crippen molar-refractivity contribution in [1.82, 2.24) is 4.98 Å². The normalized spacial score (nSPS) is 9.17. The van der Waals surface area contributed by atoms with Gasteiger partial charge in [0.05, 0.1) is 15.7 Å². The van der Waals surface area contributed by atoms with Gasteiger partial charge in [0.2, 0.25) is 0 Å². The Morgan fingerprint density at radius 1 is 1.33 bits per heavy atom. The third kappa shape index (κ3) is 1.74. The van der Waals surface area contributed by atoms with Crippen LogP contribution in [0.3, 0.4) is 0 Å². The second-order valence-corrected chi connectivity index (χ2v) is 2.97. The van der Waals surface area contributed by atoms with Gasteiger partial charge >= 0.3 is 0 Å². The maximum atomic E-state index is 5.56. The van der Waals surface area contributed by atoms with Crippen LogP contribution in [-0.2, 0) is 0 Å². The van der Waals surface area contributed by atoms with E-state index >= 15 is 0 Å². The van der Waals surface area contributed by atoms with Crippen LogP contribution >= 0.6 is 11.3 Å². The van der Waals surface area contributed by atoms with Gasteiger partial charge in [0, 0.05) is 5.69 Å². The summed E-state index contributed by atoms with van der Waals surface area (Å²) in [5, 5.41) is 0. The molecule has 0 saturated carbocycles. The summed E-state index contributed by atoms with van der Waals surface area (Å²) in [5.74, 6) is 0. The van der Waals surface area contributed by atoms with Crippen LogP contribution in [0.1, 0.15) is 13.8 Å². The van der Waals surface area contributed by atoms with Crippen LogP contribution < -0.4 is 5.73 Å². The van der Waals surface area contributed by atoms with Crippen molar-refractivity contribution >= 4 is 27.2 Å². The lowest BCUT2D eigenvalue weighted by Gasteiger charge is -1.89. The topological polar surface area (TPSA) is 38.9 Å². The molecular formula is C9H12N2S. The van der Waals surface area contributed by atoms with E-state index < -0.39 is 0 Å². The molecule has 0 unspecified atom stereocenters. The average Bonchev–Trinajstić information content (AvgIpc) is 2.54. The Kier molecular flexibility index (Phi) is 3.05. The van der Waals surface area contributed by atoms with Gasteiger partial charge in [-0.25, -0.2) is 4.98 Å². The van der Waals surface area contributed by atoms with E-state index in [-0.39, 0.29) is 0 Å². The summed E-state index contributed by atoms with van der Waals surface area (Å²) in [6.07, 6.45) is 0. The molecule has 12 heavy (non-hydrogen) atoms. The smallest absolute Gasteiger partial charge is 0.0813 e. The molecule has 0 aliphatic rings. The number of hydrogen-bond acceptors (Lipinski definition) is 3. The van der Waals surface area contributed by atoms with Gasteiger partial charge in [-0.15, -0.1) is 11.3 Å². The SMILES string of the molecule is CC.Nc1ccc2ncsc2c1. The highest BCUT2D eigenvalue weighted by Crippen LogP contribution is 2.19. The van der Waals surface area contributed by atoms with Crippen molar-refractivity contribution in [2.75, 3.05) is 5.73 Å². The van der Waals surface area contributed by atoms with Gasteiger partial charge < -0.3 is 5.73 Å². The molecule has 0 bridgehead atoms. The number of aromatic nitrogens is 1. The van der Waals surface area contributed by atoms with Gasteiger partial charge in [-0.2, -0.15) is 0 Å². The molecule has 2 rings (SSSR count). The Bertz CT molecular complexity index is 354. The fourth-order valence-corrected chi connectivity index (χ4v) is 1.60. The quantitative estimate of drug-likeness (QED) is 0.633. The van der Waals surface area contributed by atoms with Gasteiger partial charge in [-0.05, 0) is 18.2 Å². The summed E-state index contributed by atoms with van der Waals surface area (Å²) in [6, 6.07) is 5.73. The maximum Gasteiger partial charge on any atom is 0.0813 e. The highest BCUT2D eigenvalue weighted by Gasteiger charge is 1.93. The molecule has 0 aliphatic heterocycles. The van der Waals surface area contributed by atoms with Crippen LogP contribution in [-0.4, -0.2) is 4.98 Å². The van der Waals surface area contributed by atoms with E-state index in [9.17, 15) is 0 Å². The van der Waals surface area contributed by atoms with E-state index in [1.807, 2.05) is 37.6 Å². The molecule has 0 fully saturated rings. The molecule has 2 N–H and O–H groups in total. The van der Waals surface area contributed by atoms with Gasteiger partial charge in [0.15, 0.2) is 0 Å². The lowest BCUT2D eigenvalue weighted by molar-refractivity contribution is 1.50. The number of nitrogens with two attached hydrogens (primary N) is 1. The van der Waals surface area contributed by atoms with Gasteiger partial charge in [0.25, 0.3) is 0 Å². The fourth-order valence-electron chi connectivity index (χ4n) is 0.872. The second-order valence-electron chi connectivity index (χ2n) is 2.08. The molecule has 0 radical (unpaired) electrons.